The van der Waals surface area contributed by atoms with Gasteiger partial charge in [0.2, 0.25) is 5.91 Å². The molecule has 0 atom stereocenters. The molecule has 4 rings (SSSR count). The van der Waals surface area contributed by atoms with Crippen molar-refractivity contribution in [3.8, 4) is 22.8 Å². The Kier molecular flexibility index (Phi) is 8.46. The summed E-state index contributed by atoms with van der Waals surface area (Å²) in [7, 11) is 1.57. The lowest BCUT2D eigenvalue weighted by atomic mass is 10.2. The van der Waals surface area contributed by atoms with Crippen molar-refractivity contribution in [1.82, 2.24) is 4.98 Å². The maximum Gasteiger partial charge on any atom is 0.250 e. The number of hydrogen-bond acceptors (Lipinski definition) is 5. The molecule has 1 amide bonds. The second-order valence-corrected chi connectivity index (χ2v) is 9.85. The molecule has 1 N–H and O–H groups in total. The normalized spacial score (nSPS) is 11.0. The summed E-state index contributed by atoms with van der Waals surface area (Å²) in [5, 5.41) is 6.10. The van der Waals surface area contributed by atoms with Crippen LogP contribution in [-0.2, 0) is 11.4 Å². The van der Waals surface area contributed by atoms with Gasteiger partial charge in [0.1, 0.15) is 6.61 Å². The van der Waals surface area contributed by atoms with Gasteiger partial charge in [-0.1, -0.05) is 53.5 Å². The van der Waals surface area contributed by atoms with Crippen LogP contribution >= 0.6 is 50.5 Å². The van der Waals surface area contributed by atoms with Crippen LogP contribution in [0.5, 0.6) is 11.5 Å². The highest BCUT2D eigenvalue weighted by molar-refractivity contribution is 9.10. The van der Waals surface area contributed by atoms with E-state index in [-0.39, 0.29) is 5.91 Å². The van der Waals surface area contributed by atoms with Gasteiger partial charge in [-0.15, -0.1) is 11.3 Å². The Morgan fingerprint density at radius 2 is 1.94 bits per heavy atom. The fraction of sp³-hybridized carbons (Fsp3) is 0.0769. The molecule has 0 aliphatic rings. The minimum absolute atomic E-state index is 0.312. The molecule has 178 valence electrons. The molecule has 4 aromatic rings. The van der Waals surface area contributed by atoms with Gasteiger partial charge < -0.3 is 9.47 Å². The summed E-state index contributed by atoms with van der Waals surface area (Å²) in [6.45, 7) is 0.407. The summed E-state index contributed by atoms with van der Waals surface area (Å²) in [6, 6.07) is 18.7. The lowest BCUT2D eigenvalue weighted by molar-refractivity contribution is -0.111. The zero-order valence-electron chi connectivity index (χ0n) is 18.4. The summed E-state index contributed by atoms with van der Waals surface area (Å²) >= 11 is 17.1. The van der Waals surface area contributed by atoms with Crippen molar-refractivity contribution >= 4 is 67.6 Å². The molecule has 0 saturated carbocycles. The van der Waals surface area contributed by atoms with Crippen LogP contribution in [0.4, 0.5) is 5.13 Å². The van der Waals surface area contributed by atoms with E-state index in [0.717, 1.165) is 21.2 Å². The number of amides is 1. The molecule has 0 aliphatic heterocycles. The van der Waals surface area contributed by atoms with Gasteiger partial charge in [0.05, 0.1) is 22.3 Å². The van der Waals surface area contributed by atoms with Crippen LogP contribution in [0.1, 0.15) is 11.1 Å². The first kappa shape index (κ1) is 25.3. The number of anilines is 1. The Labute approximate surface area is 225 Å². The Bertz CT molecular complexity index is 1380. The van der Waals surface area contributed by atoms with Crippen LogP contribution in [0.3, 0.4) is 0 Å². The van der Waals surface area contributed by atoms with Crippen molar-refractivity contribution < 1.29 is 14.3 Å². The molecule has 0 aliphatic carbocycles. The zero-order chi connectivity index (χ0) is 24.8. The van der Waals surface area contributed by atoms with Crippen LogP contribution in [-0.4, -0.2) is 18.0 Å². The van der Waals surface area contributed by atoms with Crippen molar-refractivity contribution in [3.63, 3.8) is 0 Å². The number of hydrogen-bond donors (Lipinski definition) is 1. The quantitative estimate of drug-likeness (QED) is 0.211. The molecule has 1 heterocycles. The van der Waals surface area contributed by atoms with E-state index in [4.69, 9.17) is 32.7 Å². The maximum absolute atomic E-state index is 12.5. The summed E-state index contributed by atoms with van der Waals surface area (Å²) in [5.41, 5.74) is 3.22. The number of thiazole rings is 1. The third kappa shape index (κ3) is 6.64. The van der Waals surface area contributed by atoms with Crippen LogP contribution in [0.25, 0.3) is 17.3 Å². The van der Waals surface area contributed by atoms with E-state index in [1.165, 1.54) is 17.4 Å². The first-order valence-electron chi connectivity index (χ1n) is 10.4. The SMILES string of the molecule is COc1cc(C=CC(=O)Nc2nc(-c3ccc(Cl)cc3Cl)cs2)cc(Br)c1OCc1ccccc1. The standard InChI is InChI=1S/C26H19BrCl2N2O3S/c1-33-23-12-17(11-20(27)25(23)34-14-16-5-3-2-4-6-16)7-10-24(32)31-26-30-22(15-35-26)19-9-8-18(28)13-21(19)29/h2-13,15H,14H2,1H3,(H,30,31,32). The average molecular weight is 590 g/mol. The third-order valence-electron chi connectivity index (χ3n) is 4.85. The van der Waals surface area contributed by atoms with Crippen molar-refractivity contribution in [3.05, 3.63) is 97.8 Å². The first-order chi connectivity index (χ1) is 16.9. The monoisotopic (exact) mass is 588 g/mol. The van der Waals surface area contributed by atoms with Crippen molar-refractivity contribution in [2.75, 3.05) is 12.4 Å². The Morgan fingerprint density at radius 3 is 2.69 bits per heavy atom. The predicted molar refractivity (Wildman–Crippen MR) is 147 cm³/mol. The molecule has 35 heavy (non-hydrogen) atoms. The topological polar surface area (TPSA) is 60.5 Å². The highest BCUT2D eigenvalue weighted by atomic mass is 79.9. The van der Waals surface area contributed by atoms with E-state index in [1.54, 1.807) is 37.5 Å². The summed E-state index contributed by atoms with van der Waals surface area (Å²) in [4.78, 5) is 16.9. The van der Waals surface area contributed by atoms with Gasteiger partial charge in [-0.25, -0.2) is 4.98 Å². The van der Waals surface area contributed by atoms with E-state index in [1.807, 2.05) is 41.8 Å². The fourth-order valence-electron chi connectivity index (χ4n) is 3.18. The molecule has 0 bridgehead atoms. The Morgan fingerprint density at radius 1 is 1.14 bits per heavy atom. The number of carbonyl (C=O) groups excluding carboxylic acids is 1. The number of methoxy groups -OCH3 is 1. The van der Waals surface area contributed by atoms with E-state index in [2.05, 4.69) is 26.2 Å². The predicted octanol–water partition coefficient (Wildman–Crippen LogP) is 8.12. The van der Waals surface area contributed by atoms with Crippen molar-refractivity contribution in [1.29, 1.82) is 0 Å². The number of nitrogens with zero attached hydrogens (tertiary/aromatic N) is 1. The van der Waals surface area contributed by atoms with Crippen LogP contribution in [0, 0.1) is 0 Å². The molecule has 0 saturated heterocycles. The molecular weight excluding hydrogens is 571 g/mol. The van der Waals surface area contributed by atoms with Gasteiger partial charge in [0, 0.05) is 22.0 Å². The lowest BCUT2D eigenvalue weighted by Gasteiger charge is -2.13. The molecule has 1 aromatic heterocycles. The van der Waals surface area contributed by atoms with Crippen LogP contribution in [0.2, 0.25) is 10.0 Å². The van der Waals surface area contributed by atoms with E-state index < -0.39 is 0 Å². The smallest absolute Gasteiger partial charge is 0.250 e. The number of rotatable bonds is 8. The number of halogens is 3. The first-order valence-corrected chi connectivity index (χ1v) is 12.8. The molecule has 9 heteroatoms. The van der Waals surface area contributed by atoms with E-state index >= 15 is 0 Å². The second kappa shape index (κ2) is 11.7. The lowest BCUT2D eigenvalue weighted by Crippen LogP contribution is -2.07. The minimum Gasteiger partial charge on any atom is -0.493 e. The molecule has 3 aromatic carbocycles. The second-order valence-electron chi connectivity index (χ2n) is 7.29. The number of benzene rings is 3. The van der Waals surface area contributed by atoms with Gasteiger partial charge in [-0.05, 0) is 63.5 Å². The van der Waals surface area contributed by atoms with Gasteiger partial charge >= 0.3 is 0 Å². The minimum atomic E-state index is -0.312. The molecule has 0 fully saturated rings. The third-order valence-corrected chi connectivity index (χ3v) is 6.74. The van der Waals surface area contributed by atoms with Gasteiger partial charge in [-0.2, -0.15) is 0 Å². The van der Waals surface area contributed by atoms with Crippen LogP contribution < -0.4 is 14.8 Å². The highest BCUT2D eigenvalue weighted by Gasteiger charge is 2.13. The van der Waals surface area contributed by atoms with Gasteiger partial charge in [0.15, 0.2) is 16.6 Å². The van der Waals surface area contributed by atoms with Gasteiger partial charge in [-0.3, -0.25) is 10.1 Å². The molecule has 0 spiro atoms. The highest BCUT2D eigenvalue weighted by Crippen LogP contribution is 2.37. The Balaban J connectivity index is 1.42. The maximum atomic E-state index is 12.5. The van der Waals surface area contributed by atoms with Crippen LogP contribution in [0.15, 0.2) is 76.6 Å². The molecule has 0 radical (unpaired) electrons. The average Bonchev–Trinajstić information content (AvgIpc) is 3.30. The Hall–Kier alpha value is -2.84. The van der Waals surface area contributed by atoms with Gasteiger partial charge in [0.25, 0.3) is 0 Å². The molecule has 0 unspecified atom stereocenters. The molecular formula is C26H19BrCl2N2O3S. The number of carbonyl (C=O) groups is 1. The largest absolute Gasteiger partial charge is 0.493 e. The number of ether oxygens (including phenoxy) is 2. The summed E-state index contributed by atoms with van der Waals surface area (Å²) in [6.07, 6.45) is 3.12. The summed E-state index contributed by atoms with van der Waals surface area (Å²) < 4.78 is 12.2. The van der Waals surface area contributed by atoms with Crippen molar-refractivity contribution in [2.45, 2.75) is 6.61 Å². The zero-order valence-corrected chi connectivity index (χ0v) is 22.3. The summed E-state index contributed by atoms with van der Waals surface area (Å²) in [5.74, 6) is 0.835. The van der Waals surface area contributed by atoms with E-state index in [9.17, 15) is 4.79 Å². The fourth-order valence-corrected chi connectivity index (χ4v) is 4.97. The van der Waals surface area contributed by atoms with E-state index in [0.29, 0.717) is 39.0 Å². The number of nitrogens with one attached hydrogen (secondary N) is 1. The number of aromatic nitrogens is 1. The molecule has 5 nitrogen and oxygen atoms in total. The van der Waals surface area contributed by atoms with Crippen molar-refractivity contribution in [2.24, 2.45) is 0 Å².